The zero-order valence-corrected chi connectivity index (χ0v) is 16.2. The summed E-state index contributed by atoms with van der Waals surface area (Å²) in [6.07, 6.45) is 1.02. The van der Waals surface area contributed by atoms with Gasteiger partial charge in [0.2, 0.25) is 0 Å². The number of thioether (sulfide) groups is 1. The molecule has 0 spiro atoms. The average Bonchev–Trinajstić information content (AvgIpc) is 2.97. The normalized spacial score (nSPS) is 29.2. The number of ether oxygens (including phenoxy) is 1. The predicted octanol–water partition coefficient (Wildman–Crippen LogP) is 0.766. The summed E-state index contributed by atoms with van der Waals surface area (Å²) < 4.78 is 5.88. The number of morpholine rings is 1. The quantitative estimate of drug-likeness (QED) is 0.461. The summed E-state index contributed by atoms with van der Waals surface area (Å²) in [5, 5.41) is 17.1. The maximum atomic E-state index is 10.4. The van der Waals surface area contributed by atoms with Crippen LogP contribution in [0.1, 0.15) is 27.2 Å². The van der Waals surface area contributed by atoms with Gasteiger partial charge in [0.05, 0.1) is 24.9 Å². The van der Waals surface area contributed by atoms with E-state index in [-0.39, 0.29) is 6.10 Å². The van der Waals surface area contributed by atoms with E-state index in [1.807, 2.05) is 0 Å². The summed E-state index contributed by atoms with van der Waals surface area (Å²) in [6, 6.07) is 0. The van der Waals surface area contributed by atoms with Crippen molar-refractivity contribution >= 4 is 17.7 Å². The highest BCUT2D eigenvalue weighted by atomic mass is 32.2. The van der Waals surface area contributed by atoms with Gasteiger partial charge >= 0.3 is 0 Å². The number of aliphatic hydroxyl groups is 1. The third kappa shape index (κ3) is 6.78. The average molecular weight is 359 g/mol. The Morgan fingerprint density at radius 1 is 1.46 bits per heavy atom. The Balaban J connectivity index is 1.79. The van der Waals surface area contributed by atoms with Crippen LogP contribution in [0.4, 0.5) is 0 Å². The summed E-state index contributed by atoms with van der Waals surface area (Å²) >= 11 is 1.80. The van der Waals surface area contributed by atoms with Crippen molar-refractivity contribution in [1.82, 2.24) is 15.5 Å². The third-order valence-electron chi connectivity index (χ3n) is 4.30. The van der Waals surface area contributed by atoms with E-state index in [0.29, 0.717) is 12.5 Å². The Morgan fingerprint density at radius 3 is 2.96 bits per heavy atom. The van der Waals surface area contributed by atoms with Crippen molar-refractivity contribution in [2.75, 3.05) is 57.4 Å². The molecule has 0 aromatic carbocycles. The van der Waals surface area contributed by atoms with Crippen LogP contribution in [0.3, 0.4) is 0 Å². The maximum Gasteiger partial charge on any atom is 0.191 e. The monoisotopic (exact) mass is 358 g/mol. The lowest BCUT2D eigenvalue weighted by atomic mass is 10.1. The van der Waals surface area contributed by atoms with Crippen LogP contribution in [0.25, 0.3) is 0 Å². The molecule has 0 aromatic heterocycles. The van der Waals surface area contributed by atoms with E-state index in [1.165, 1.54) is 0 Å². The highest BCUT2D eigenvalue weighted by Crippen LogP contribution is 2.27. The number of nitrogens with zero attached hydrogens (tertiary/aromatic N) is 2. The van der Waals surface area contributed by atoms with Crippen LogP contribution in [-0.4, -0.2) is 85.1 Å². The molecule has 0 aliphatic carbocycles. The lowest BCUT2D eigenvalue weighted by molar-refractivity contribution is -0.0284. The fourth-order valence-electron chi connectivity index (χ4n) is 3.09. The van der Waals surface area contributed by atoms with Crippen LogP contribution in [0.2, 0.25) is 0 Å². The number of hydrogen-bond donors (Lipinski definition) is 3. The molecule has 2 saturated heterocycles. The van der Waals surface area contributed by atoms with E-state index in [9.17, 15) is 5.11 Å². The van der Waals surface area contributed by atoms with Gasteiger partial charge in [-0.15, -0.1) is 0 Å². The first kappa shape index (κ1) is 19.8. The van der Waals surface area contributed by atoms with Crippen LogP contribution in [0, 0.1) is 5.92 Å². The molecule has 7 heteroatoms. The third-order valence-corrected chi connectivity index (χ3v) is 5.54. The SMILES string of the molecule is CCNC(=NCC1(O)CCSC1)NCC1CN(CC(C)C)CCO1. The molecular formula is C17H34N4O2S. The zero-order valence-electron chi connectivity index (χ0n) is 15.4. The summed E-state index contributed by atoms with van der Waals surface area (Å²) in [5.41, 5.74) is -0.636. The first-order valence-corrected chi connectivity index (χ1v) is 10.3. The minimum atomic E-state index is -0.636. The highest BCUT2D eigenvalue weighted by molar-refractivity contribution is 7.99. The minimum absolute atomic E-state index is 0.187. The number of nitrogens with one attached hydrogen (secondary N) is 2. The van der Waals surface area contributed by atoms with Crippen molar-refractivity contribution in [1.29, 1.82) is 0 Å². The van der Waals surface area contributed by atoms with E-state index in [2.05, 4.69) is 41.3 Å². The molecule has 2 unspecified atom stereocenters. The van der Waals surface area contributed by atoms with Gasteiger partial charge in [-0.2, -0.15) is 11.8 Å². The van der Waals surface area contributed by atoms with E-state index < -0.39 is 5.60 Å². The molecule has 0 bridgehead atoms. The zero-order chi connectivity index (χ0) is 17.4. The summed E-state index contributed by atoms with van der Waals surface area (Å²) in [7, 11) is 0. The van der Waals surface area contributed by atoms with E-state index in [4.69, 9.17) is 4.74 Å². The number of hydrogen-bond acceptors (Lipinski definition) is 5. The van der Waals surface area contributed by atoms with Gasteiger partial charge in [-0.25, -0.2) is 0 Å². The van der Waals surface area contributed by atoms with Crippen LogP contribution in [0.15, 0.2) is 4.99 Å². The smallest absolute Gasteiger partial charge is 0.191 e. The van der Waals surface area contributed by atoms with Gasteiger partial charge in [-0.05, 0) is 25.0 Å². The molecule has 6 nitrogen and oxygen atoms in total. The Hall–Kier alpha value is -0.500. The first-order chi connectivity index (χ1) is 11.5. The fraction of sp³-hybridized carbons (Fsp3) is 0.941. The summed E-state index contributed by atoms with van der Waals surface area (Å²) in [5.74, 6) is 3.26. The van der Waals surface area contributed by atoms with Crippen LogP contribution in [0.5, 0.6) is 0 Å². The van der Waals surface area contributed by atoms with Gasteiger partial charge in [0.25, 0.3) is 0 Å². The molecule has 2 rings (SSSR count). The van der Waals surface area contributed by atoms with Gasteiger partial charge in [-0.3, -0.25) is 9.89 Å². The van der Waals surface area contributed by atoms with Gasteiger partial charge in [0, 0.05) is 38.5 Å². The lowest BCUT2D eigenvalue weighted by Crippen LogP contribution is -2.50. The molecule has 0 saturated carbocycles. The summed E-state index contributed by atoms with van der Waals surface area (Å²) in [6.45, 7) is 12.5. The molecule has 0 aromatic rings. The molecule has 3 N–H and O–H groups in total. The van der Waals surface area contributed by atoms with Gasteiger partial charge in [-0.1, -0.05) is 13.8 Å². The molecule has 0 radical (unpaired) electrons. The number of guanidine groups is 1. The van der Waals surface area contributed by atoms with Crippen molar-refractivity contribution < 1.29 is 9.84 Å². The van der Waals surface area contributed by atoms with Gasteiger partial charge in [0.1, 0.15) is 0 Å². The summed E-state index contributed by atoms with van der Waals surface area (Å²) in [4.78, 5) is 7.06. The highest BCUT2D eigenvalue weighted by Gasteiger charge is 2.31. The van der Waals surface area contributed by atoms with Crippen LogP contribution >= 0.6 is 11.8 Å². The Morgan fingerprint density at radius 2 is 2.29 bits per heavy atom. The fourth-order valence-corrected chi connectivity index (χ4v) is 4.37. The Kier molecular flexibility index (Phi) is 8.13. The Bertz CT molecular complexity index is 400. The number of rotatable bonds is 7. The van der Waals surface area contributed by atoms with Crippen molar-refractivity contribution in [3.8, 4) is 0 Å². The molecule has 2 heterocycles. The first-order valence-electron chi connectivity index (χ1n) is 9.17. The van der Waals surface area contributed by atoms with Crippen molar-refractivity contribution in [3.05, 3.63) is 0 Å². The van der Waals surface area contributed by atoms with Crippen LogP contribution in [-0.2, 0) is 4.74 Å². The van der Waals surface area contributed by atoms with Gasteiger partial charge < -0.3 is 20.5 Å². The molecular weight excluding hydrogens is 324 g/mol. The second-order valence-corrected chi connectivity index (χ2v) is 8.35. The standard InChI is InChI=1S/C17H34N4O2S/c1-4-18-16(20-12-17(22)5-8-24-13-17)19-9-15-11-21(6-7-23-15)10-14(2)3/h14-15,22H,4-13H2,1-3H3,(H2,18,19,20). The molecule has 2 atom stereocenters. The maximum absolute atomic E-state index is 10.4. The predicted molar refractivity (Wildman–Crippen MR) is 102 cm³/mol. The molecule has 2 aliphatic rings. The molecule has 2 fully saturated rings. The topological polar surface area (TPSA) is 69.1 Å². The minimum Gasteiger partial charge on any atom is -0.387 e. The van der Waals surface area contributed by atoms with Crippen molar-refractivity contribution in [2.24, 2.45) is 10.9 Å². The molecule has 140 valence electrons. The van der Waals surface area contributed by atoms with E-state index in [0.717, 1.165) is 63.2 Å². The lowest BCUT2D eigenvalue weighted by Gasteiger charge is -2.34. The number of aliphatic imine (C=N–C) groups is 1. The van der Waals surface area contributed by atoms with E-state index >= 15 is 0 Å². The van der Waals surface area contributed by atoms with Crippen LogP contribution < -0.4 is 10.6 Å². The molecule has 0 amide bonds. The molecule has 2 aliphatic heterocycles. The van der Waals surface area contributed by atoms with Gasteiger partial charge in [0.15, 0.2) is 5.96 Å². The second kappa shape index (κ2) is 9.85. The largest absolute Gasteiger partial charge is 0.387 e. The van der Waals surface area contributed by atoms with Crippen molar-refractivity contribution in [3.63, 3.8) is 0 Å². The second-order valence-electron chi connectivity index (χ2n) is 7.25. The Labute approximate surface area is 150 Å². The van der Waals surface area contributed by atoms with E-state index in [1.54, 1.807) is 11.8 Å². The van der Waals surface area contributed by atoms with Crippen molar-refractivity contribution in [2.45, 2.75) is 38.9 Å². The molecule has 24 heavy (non-hydrogen) atoms.